The van der Waals surface area contributed by atoms with Crippen molar-refractivity contribution in [3.8, 4) is 0 Å². The lowest BCUT2D eigenvalue weighted by Crippen LogP contribution is -2.44. The molecule has 1 N–H and O–H groups in total. The van der Waals surface area contributed by atoms with E-state index in [2.05, 4.69) is 15.2 Å². The van der Waals surface area contributed by atoms with Crippen LogP contribution in [0.15, 0.2) is 41.3 Å². The average molecular weight is 356 g/mol. The third kappa shape index (κ3) is 3.38. The van der Waals surface area contributed by atoms with Crippen LogP contribution in [0, 0.1) is 0 Å². The number of fused-ring (bicyclic) bond motifs is 1. The number of rotatable bonds is 4. The van der Waals surface area contributed by atoms with Crippen molar-refractivity contribution >= 4 is 5.91 Å². The number of ether oxygens (including phenoxy) is 2. The molecule has 0 aliphatic carbocycles. The number of H-pyrrole nitrogens is 1. The van der Waals surface area contributed by atoms with Gasteiger partial charge in [-0.15, -0.1) is 0 Å². The molecule has 2 aliphatic heterocycles. The fraction of sp³-hybridized carbons (Fsp3) is 0.444. The van der Waals surface area contributed by atoms with Crippen molar-refractivity contribution in [2.45, 2.75) is 37.7 Å². The van der Waals surface area contributed by atoms with Gasteiger partial charge in [0, 0.05) is 18.9 Å². The lowest BCUT2D eigenvalue weighted by molar-refractivity contribution is -0.0814. The molecule has 0 radical (unpaired) electrons. The van der Waals surface area contributed by atoms with E-state index in [1.807, 2.05) is 18.2 Å². The lowest BCUT2D eigenvalue weighted by atomic mass is 10.0. The van der Waals surface area contributed by atoms with Crippen LogP contribution in [-0.4, -0.2) is 57.4 Å². The molecule has 2 aromatic heterocycles. The first kappa shape index (κ1) is 16.9. The molecule has 8 nitrogen and oxygen atoms in total. The zero-order valence-corrected chi connectivity index (χ0v) is 14.2. The van der Waals surface area contributed by atoms with Gasteiger partial charge in [-0.05, 0) is 31.0 Å². The van der Waals surface area contributed by atoms with Crippen molar-refractivity contribution in [1.29, 1.82) is 0 Å². The highest BCUT2D eigenvalue weighted by Crippen LogP contribution is 2.31. The molecule has 0 saturated carbocycles. The molecule has 0 bridgehead atoms. The van der Waals surface area contributed by atoms with E-state index in [1.165, 1.54) is 12.1 Å². The molecule has 3 atom stereocenters. The Labute approximate surface area is 150 Å². The van der Waals surface area contributed by atoms with E-state index in [0.717, 1.165) is 18.5 Å². The third-order valence-corrected chi connectivity index (χ3v) is 4.81. The summed E-state index contributed by atoms with van der Waals surface area (Å²) in [6.07, 6.45) is 3.12. The zero-order chi connectivity index (χ0) is 17.9. The fourth-order valence-corrected chi connectivity index (χ4v) is 3.58. The van der Waals surface area contributed by atoms with Gasteiger partial charge in [0.15, 0.2) is 0 Å². The van der Waals surface area contributed by atoms with Crippen LogP contribution >= 0.6 is 0 Å². The SMILES string of the molecule is O=C(c1ccc(=O)[nH]n1)N1C[C@H](OCc2ccccn2)[C@H]2OCCC[C@H]21. The van der Waals surface area contributed by atoms with Gasteiger partial charge < -0.3 is 14.4 Å². The molecule has 0 unspecified atom stereocenters. The van der Waals surface area contributed by atoms with Gasteiger partial charge in [-0.1, -0.05) is 6.07 Å². The largest absolute Gasteiger partial charge is 0.373 e. The van der Waals surface area contributed by atoms with E-state index in [-0.39, 0.29) is 35.4 Å². The molecule has 2 aliphatic rings. The molecule has 136 valence electrons. The minimum absolute atomic E-state index is 0.0429. The smallest absolute Gasteiger partial charge is 0.274 e. The summed E-state index contributed by atoms with van der Waals surface area (Å²) in [5.41, 5.74) is 0.727. The van der Waals surface area contributed by atoms with Crippen molar-refractivity contribution in [2.24, 2.45) is 0 Å². The number of aromatic amines is 1. The summed E-state index contributed by atoms with van der Waals surface area (Å²) in [7, 11) is 0. The van der Waals surface area contributed by atoms with Gasteiger partial charge in [0.2, 0.25) is 0 Å². The molecule has 26 heavy (non-hydrogen) atoms. The number of nitrogens with zero attached hydrogens (tertiary/aromatic N) is 3. The highest BCUT2D eigenvalue weighted by atomic mass is 16.5. The molecule has 8 heteroatoms. The minimum atomic E-state index is -0.335. The van der Waals surface area contributed by atoms with E-state index in [4.69, 9.17) is 9.47 Å². The first-order valence-corrected chi connectivity index (χ1v) is 8.72. The normalized spacial score (nSPS) is 25.1. The maximum absolute atomic E-state index is 12.9. The van der Waals surface area contributed by atoms with Gasteiger partial charge in [-0.25, -0.2) is 5.10 Å². The number of nitrogens with one attached hydrogen (secondary N) is 1. The summed E-state index contributed by atoms with van der Waals surface area (Å²) < 4.78 is 12.0. The summed E-state index contributed by atoms with van der Waals surface area (Å²) >= 11 is 0. The average Bonchev–Trinajstić information content (AvgIpc) is 3.06. The number of pyridine rings is 1. The van der Waals surface area contributed by atoms with E-state index in [9.17, 15) is 9.59 Å². The second-order valence-electron chi connectivity index (χ2n) is 6.48. The highest BCUT2D eigenvalue weighted by Gasteiger charge is 2.47. The maximum atomic E-state index is 12.9. The molecular formula is C18H20N4O4. The number of aromatic nitrogens is 3. The van der Waals surface area contributed by atoms with Gasteiger partial charge in [-0.3, -0.25) is 14.6 Å². The maximum Gasteiger partial charge on any atom is 0.274 e. The van der Waals surface area contributed by atoms with E-state index < -0.39 is 0 Å². The topological polar surface area (TPSA) is 97.4 Å². The summed E-state index contributed by atoms with van der Waals surface area (Å²) in [6.45, 7) is 1.47. The van der Waals surface area contributed by atoms with Crippen molar-refractivity contribution < 1.29 is 14.3 Å². The summed E-state index contributed by atoms with van der Waals surface area (Å²) in [6, 6.07) is 8.39. The van der Waals surface area contributed by atoms with Gasteiger partial charge in [0.1, 0.15) is 17.9 Å². The van der Waals surface area contributed by atoms with Crippen LogP contribution in [0.5, 0.6) is 0 Å². The highest BCUT2D eigenvalue weighted by molar-refractivity contribution is 5.92. The Hall–Kier alpha value is -2.58. The lowest BCUT2D eigenvalue weighted by Gasteiger charge is -2.31. The Morgan fingerprint density at radius 1 is 1.35 bits per heavy atom. The van der Waals surface area contributed by atoms with Gasteiger partial charge in [0.25, 0.3) is 11.5 Å². The number of amides is 1. The third-order valence-electron chi connectivity index (χ3n) is 4.81. The van der Waals surface area contributed by atoms with Crippen LogP contribution in [0.3, 0.4) is 0 Å². The minimum Gasteiger partial charge on any atom is -0.373 e. The molecule has 0 aromatic carbocycles. The second kappa shape index (κ2) is 7.35. The van der Waals surface area contributed by atoms with Crippen LogP contribution in [0.25, 0.3) is 0 Å². The van der Waals surface area contributed by atoms with Crippen molar-refractivity contribution in [2.75, 3.05) is 13.2 Å². The van der Waals surface area contributed by atoms with Crippen LogP contribution in [-0.2, 0) is 16.1 Å². The molecule has 1 amide bonds. The van der Waals surface area contributed by atoms with Crippen LogP contribution in [0.2, 0.25) is 0 Å². The molecule has 2 fully saturated rings. The molecule has 4 heterocycles. The first-order chi connectivity index (χ1) is 12.7. The summed E-state index contributed by atoms with van der Waals surface area (Å²) in [4.78, 5) is 30.0. The van der Waals surface area contributed by atoms with Crippen LogP contribution in [0.4, 0.5) is 0 Å². The molecular weight excluding hydrogens is 336 g/mol. The number of carbonyl (C=O) groups is 1. The predicted molar refractivity (Wildman–Crippen MR) is 91.5 cm³/mol. The summed E-state index contributed by atoms with van der Waals surface area (Å²) in [5, 5.41) is 6.17. The van der Waals surface area contributed by atoms with Crippen molar-refractivity contribution in [3.63, 3.8) is 0 Å². The quantitative estimate of drug-likeness (QED) is 0.868. The van der Waals surface area contributed by atoms with Gasteiger partial charge in [-0.2, -0.15) is 5.10 Å². The van der Waals surface area contributed by atoms with Crippen molar-refractivity contribution in [1.82, 2.24) is 20.1 Å². The first-order valence-electron chi connectivity index (χ1n) is 8.72. The molecule has 2 saturated heterocycles. The molecule has 4 rings (SSSR count). The Morgan fingerprint density at radius 2 is 2.27 bits per heavy atom. The zero-order valence-electron chi connectivity index (χ0n) is 14.2. The van der Waals surface area contributed by atoms with Crippen LogP contribution in [0.1, 0.15) is 29.0 Å². The van der Waals surface area contributed by atoms with Crippen molar-refractivity contribution in [3.05, 3.63) is 58.3 Å². The standard InChI is InChI=1S/C18H20N4O4/c23-16-7-6-13(20-21-16)18(24)22-10-15(17-14(22)5-3-9-25-17)26-11-12-4-1-2-8-19-12/h1-2,4,6-8,14-15,17H,3,5,9-11H2,(H,21,23)/t14-,15+,17+/m1/s1. The van der Waals surface area contributed by atoms with Gasteiger partial charge in [0.05, 0.1) is 24.9 Å². The van der Waals surface area contributed by atoms with Gasteiger partial charge >= 0.3 is 0 Å². The van der Waals surface area contributed by atoms with Crippen LogP contribution < -0.4 is 5.56 Å². The molecule has 0 spiro atoms. The van der Waals surface area contributed by atoms with E-state index in [1.54, 1.807) is 11.1 Å². The Bertz CT molecular complexity index is 805. The molecule has 2 aromatic rings. The number of likely N-dealkylation sites (tertiary alicyclic amines) is 1. The number of hydrogen-bond donors (Lipinski definition) is 1. The second-order valence-corrected chi connectivity index (χ2v) is 6.48. The Morgan fingerprint density at radius 3 is 3.04 bits per heavy atom. The van der Waals surface area contributed by atoms with E-state index in [0.29, 0.717) is 19.8 Å². The monoisotopic (exact) mass is 356 g/mol. The Kier molecular flexibility index (Phi) is 4.77. The Balaban J connectivity index is 1.49. The summed E-state index contributed by atoms with van der Waals surface area (Å²) in [5.74, 6) is -0.217. The van der Waals surface area contributed by atoms with E-state index >= 15 is 0 Å². The predicted octanol–water partition coefficient (Wildman–Crippen LogP) is 0.754. The number of hydrogen-bond acceptors (Lipinski definition) is 6. The fourth-order valence-electron chi connectivity index (χ4n) is 3.58. The number of carbonyl (C=O) groups excluding carboxylic acids is 1.